The molecule has 1 aliphatic carbocycles. The molecule has 4 rings (SSSR count). The molecule has 1 saturated carbocycles. The standard InChI is InChI=1S/C21H23N5OS/c1-14(2)15-8-12-18(13-9-15)26-21(23-24-25-26)28-19(16-6-4-3-5-7-16)20(27)22-17-10-11-17/h3-9,12-14,17,19H,10-11H2,1-2H3,(H,22,27)/t19-/m0/s1. The van der Waals surface area contributed by atoms with Crippen LogP contribution in [-0.4, -0.2) is 32.2 Å². The molecule has 0 bridgehead atoms. The summed E-state index contributed by atoms with van der Waals surface area (Å²) in [4.78, 5) is 12.9. The lowest BCUT2D eigenvalue weighted by Gasteiger charge is -2.16. The Morgan fingerprint density at radius 1 is 1.07 bits per heavy atom. The van der Waals surface area contributed by atoms with Crippen LogP contribution in [0, 0.1) is 0 Å². The van der Waals surface area contributed by atoms with Crippen molar-refractivity contribution in [3.63, 3.8) is 0 Å². The molecule has 0 radical (unpaired) electrons. The average Bonchev–Trinajstić information content (AvgIpc) is 3.40. The third-order valence-corrected chi connectivity index (χ3v) is 5.92. The van der Waals surface area contributed by atoms with Gasteiger partial charge in [-0.1, -0.05) is 68.1 Å². The second-order valence-electron chi connectivity index (χ2n) is 7.31. The van der Waals surface area contributed by atoms with Gasteiger partial charge in [-0.2, -0.15) is 4.68 Å². The molecular formula is C21H23N5OS. The summed E-state index contributed by atoms with van der Waals surface area (Å²) in [5, 5.41) is 15.5. The molecule has 1 fully saturated rings. The zero-order valence-electron chi connectivity index (χ0n) is 15.9. The van der Waals surface area contributed by atoms with Gasteiger partial charge < -0.3 is 5.32 Å². The average molecular weight is 394 g/mol. The Kier molecular flexibility index (Phi) is 5.43. The van der Waals surface area contributed by atoms with Crippen LogP contribution in [0.25, 0.3) is 5.69 Å². The van der Waals surface area contributed by atoms with E-state index in [0.717, 1.165) is 24.1 Å². The Balaban J connectivity index is 1.60. The summed E-state index contributed by atoms with van der Waals surface area (Å²) in [7, 11) is 0. The van der Waals surface area contributed by atoms with Gasteiger partial charge in [0.2, 0.25) is 11.1 Å². The molecule has 28 heavy (non-hydrogen) atoms. The van der Waals surface area contributed by atoms with Gasteiger partial charge in [-0.05, 0) is 52.4 Å². The number of benzene rings is 2. The van der Waals surface area contributed by atoms with Gasteiger partial charge in [-0.15, -0.1) is 5.10 Å². The molecule has 144 valence electrons. The topological polar surface area (TPSA) is 72.7 Å². The summed E-state index contributed by atoms with van der Waals surface area (Å²) in [6, 6.07) is 18.3. The summed E-state index contributed by atoms with van der Waals surface area (Å²) >= 11 is 1.37. The Hall–Kier alpha value is -2.67. The van der Waals surface area contributed by atoms with E-state index in [-0.39, 0.29) is 5.91 Å². The number of rotatable bonds is 7. The number of thioether (sulfide) groups is 1. The van der Waals surface area contributed by atoms with E-state index in [1.807, 2.05) is 42.5 Å². The van der Waals surface area contributed by atoms with Crippen LogP contribution in [0.15, 0.2) is 59.8 Å². The van der Waals surface area contributed by atoms with Crippen LogP contribution < -0.4 is 5.32 Å². The fourth-order valence-corrected chi connectivity index (χ4v) is 3.93. The molecule has 1 heterocycles. The van der Waals surface area contributed by atoms with Crippen molar-refractivity contribution < 1.29 is 4.79 Å². The first-order valence-corrected chi connectivity index (χ1v) is 10.4. The van der Waals surface area contributed by atoms with Crippen molar-refractivity contribution in [2.24, 2.45) is 0 Å². The number of nitrogens with one attached hydrogen (secondary N) is 1. The highest BCUT2D eigenvalue weighted by molar-refractivity contribution is 8.00. The number of hydrogen-bond donors (Lipinski definition) is 1. The van der Waals surface area contributed by atoms with Gasteiger partial charge in [0, 0.05) is 6.04 Å². The molecule has 3 aromatic rings. The molecule has 1 aromatic heterocycles. The summed E-state index contributed by atoms with van der Waals surface area (Å²) in [5.41, 5.74) is 3.08. The summed E-state index contributed by atoms with van der Waals surface area (Å²) < 4.78 is 1.69. The van der Waals surface area contributed by atoms with E-state index >= 15 is 0 Å². The highest BCUT2D eigenvalue weighted by Crippen LogP contribution is 2.36. The molecule has 0 saturated heterocycles. The maximum atomic E-state index is 12.9. The molecule has 1 amide bonds. The SMILES string of the molecule is CC(C)c1ccc(-n2nnnc2S[C@H](C(=O)NC2CC2)c2ccccc2)cc1. The smallest absolute Gasteiger partial charge is 0.238 e. The first-order valence-electron chi connectivity index (χ1n) is 9.52. The molecule has 7 heteroatoms. The van der Waals surface area contributed by atoms with E-state index in [1.165, 1.54) is 17.3 Å². The number of tetrazole rings is 1. The first kappa shape index (κ1) is 18.7. The van der Waals surface area contributed by atoms with Gasteiger partial charge in [-0.3, -0.25) is 4.79 Å². The van der Waals surface area contributed by atoms with Gasteiger partial charge in [0.25, 0.3) is 0 Å². The zero-order valence-corrected chi connectivity index (χ0v) is 16.8. The summed E-state index contributed by atoms with van der Waals surface area (Å²) in [6.45, 7) is 4.33. The largest absolute Gasteiger partial charge is 0.352 e. The van der Waals surface area contributed by atoms with Crippen LogP contribution in [0.2, 0.25) is 0 Å². The van der Waals surface area contributed by atoms with Crippen molar-refractivity contribution >= 4 is 17.7 Å². The second-order valence-corrected chi connectivity index (χ2v) is 8.38. The number of amides is 1. The van der Waals surface area contributed by atoms with E-state index in [0.29, 0.717) is 17.1 Å². The highest BCUT2D eigenvalue weighted by atomic mass is 32.2. The van der Waals surface area contributed by atoms with Crippen LogP contribution in [0.3, 0.4) is 0 Å². The van der Waals surface area contributed by atoms with E-state index in [1.54, 1.807) is 4.68 Å². The fourth-order valence-electron chi connectivity index (χ4n) is 2.93. The van der Waals surface area contributed by atoms with E-state index in [2.05, 4.69) is 46.8 Å². The lowest BCUT2D eigenvalue weighted by Crippen LogP contribution is -2.29. The van der Waals surface area contributed by atoms with Gasteiger partial charge in [0.1, 0.15) is 5.25 Å². The van der Waals surface area contributed by atoms with Crippen molar-refractivity contribution in [3.05, 3.63) is 65.7 Å². The molecule has 0 aliphatic heterocycles. The second kappa shape index (κ2) is 8.14. The van der Waals surface area contributed by atoms with E-state index < -0.39 is 5.25 Å². The van der Waals surface area contributed by atoms with Crippen molar-refractivity contribution in [1.29, 1.82) is 0 Å². The predicted octanol–water partition coefficient (Wildman–Crippen LogP) is 3.90. The Morgan fingerprint density at radius 2 is 1.79 bits per heavy atom. The van der Waals surface area contributed by atoms with Gasteiger partial charge >= 0.3 is 0 Å². The molecule has 1 N–H and O–H groups in total. The number of carbonyl (C=O) groups excluding carboxylic acids is 1. The molecule has 1 aliphatic rings. The monoisotopic (exact) mass is 393 g/mol. The van der Waals surface area contributed by atoms with Crippen molar-refractivity contribution in [2.45, 2.75) is 49.1 Å². The number of aromatic nitrogens is 4. The molecular weight excluding hydrogens is 370 g/mol. The number of hydrogen-bond acceptors (Lipinski definition) is 5. The quantitative estimate of drug-likeness (QED) is 0.617. The van der Waals surface area contributed by atoms with Crippen molar-refractivity contribution in [3.8, 4) is 5.69 Å². The lowest BCUT2D eigenvalue weighted by atomic mass is 10.0. The van der Waals surface area contributed by atoms with Crippen LogP contribution in [0.1, 0.15) is 49.0 Å². The van der Waals surface area contributed by atoms with Crippen LogP contribution in [-0.2, 0) is 4.79 Å². The maximum Gasteiger partial charge on any atom is 0.238 e. The number of nitrogens with zero attached hydrogens (tertiary/aromatic N) is 4. The first-order chi connectivity index (χ1) is 13.6. The zero-order chi connectivity index (χ0) is 19.5. The van der Waals surface area contributed by atoms with E-state index in [4.69, 9.17) is 0 Å². The van der Waals surface area contributed by atoms with Gasteiger partial charge in [0.15, 0.2) is 0 Å². The summed E-state index contributed by atoms with van der Waals surface area (Å²) in [6.07, 6.45) is 2.11. The van der Waals surface area contributed by atoms with Crippen LogP contribution in [0.5, 0.6) is 0 Å². The maximum absolute atomic E-state index is 12.9. The van der Waals surface area contributed by atoms with Crippen LogP contribution >= 0.6 is 11.8 Å². The normalized spacial score (nSPS) is 14.8. The Morgan fingerprint density at radius 3 is 2.43 bits per heavy atom. The molecule has 0 unspecified atom stereocenters. The Bertz CT molecular complexity index is 935. The van der Waals surface area contributed by atoms with Gasteiger partial charge in [0.05, 0.1) is 5.69 Å². The molecule has 1 atom stereocenters. The molecule has 0 spiro atoms. The highest BCUT2D eigenvalue weighted by Gasteiger charge is 2.30. The molecule has 6 nitrogen and oxygen atoms in total. The summed E-state index contributed by atoms with van der Waals surface area (Å²) in [5.74, 6) is 0.466. The number of carbonyl (C=O) groups is 1. The van der Waals surface area contributed by atoms with Crippen molar-refractivity contribution in [2.75, 3.05) is 0 Å². The fraction of sp³-hybridized carbons (Fsp3) is 0.333. The Labute approximate surface area is 168 Å². The minimum atomic E-state index is -0.401. The van der Waals surface area contributed by atoms with Crippen molar-refractivity contribution in [1.82, 2.24) is 25.5 Å². The molecule has 2 aromatic carbocycles. The third-order valence-electron chi connectivity index (χ3n) is 4.73. The van der Waals surface area contributed by atoms with E-state index in [9.17, 15) is 4.79 Å². The van der Waals surface area contributed by atoms with Crippen LogP contribution in [0.4, 0.5) is 0 Å². The third kappa shape index (κ3) is 4.25. The van der Waals surface area contributed by atoms with Gasteiger partial charge in [-0.25, -0.2) is 0 Å². The minimum Gasteiger partial charge on any atom is -0.352 e. The minimum absolute atomic E-state index is 0.00315. The predicted molar refractivity (Wildman–Crippen MR) is 109 cm³/mol. The lowest BCUT2D eigenvalue weighted by molar-refractivity contribution is -0.120.